The predicted molar refractivity (Wildman–Crippen MR) is 197 cm³/mol. The number of unbranched alkanes of at least 4 members (excludes halogenated alkanes) is 28. The van der Waals surface area contributed by atoms with E-state index < -0.39 is 11.9 Å². The summed E-state index contributed by atoms with van der Waals surface area (Å²) < 4.78 is 0. The van der Waals surface area contributed by atoms with E-state index >= 15 is 0 Å². The first-order valence-electron chi connectivity index (χ1n) is 20.1. The van der Waals surface area contributed by atoms with Crippen LogP contribution in [0.2, 0.25) is 0 Å². The Bertz CT molecular complexity index is 753. The Morgan fingerprint density at radius 3 is 0.739 bits per heavy atom. The van der Waals surface area contributed by atoms with E-state index in [1.54, 1.807) is 11.1 Å². The first-order chi connectivity index (χ1) is 22.6. The second-order valence-corrected chi connectivity index (χ2v) is 14.2. The van der Waals surface area contributed by atoms with Crippen molar-refractivity contribution in [2.75, 3.05) is 0 Å². The van der Waals surface area contributed by atoms with Gasteiger partial charge in [-0.3, -0.25) is 9.59 Å². The summed E-state index contributed by atoms with van der Waals surface area (Å²) in [5, 5.41) is 17.3. The summed E-state index contributed by atoms with van der Waals surface area (Å²) in [7, 11) is 0. The molecule has 0 atom stereocenters. The van der Waals surface area contributed by atoms with Crippen LogP contribution in [0.15, 0.2) is 24.3 Å². The Morgan fingerprint density at radius 1 is 0.326 bits per heavy atom. The highest BCUT2D eigenvalue weighted by atomic mass is 16.4. The van der Waals surface area contributed by atoms with E-state index in [9.17, 15) is 9.59 Å². The van der Waals surface area contributed by atoms with Gasteiger partial charge in [-0.1, -0.05) is 191 Å². The molecule has 0 bridgehead atoms. The summed E-state index contributed by atoms with van der Waals surface area (Å²) in [4.78, 5) is 21.0. The van der Waals surface area contributed by atoms with Crippen LogP contribution in [0.5, 0.6) is 0 Å². The zero-order valence-electron chi connectivity index (χ0n) is 30.1. The summed E-state index contributed by atoms with van der Waals surface area (Å²) in [6.07, 6.45) is 42.2. The third-order valence-electron chi connectivity index (χ3n) is 9.79. The molecular formula is C42H74O4. The van der Waals surface area contributed by atoms with E-state index in [1.165, 1.54) is 180 Å². The number of aryl methyl sites for hydroxylation is 2. The van der Waals surface area contributed by atoms with Gasteiger partial charge in [0.1, 0.15) is 0 Å². The van der Waals surface area contributed by atoms with Crippen molar-refractivity contribution < 1.29 is 19.8 Å². The molecule has 2 N–H and O–H groups in total. The minimum absolute atomic E-state index is 0.334. The van der Waals surface area contributed by atoms with Crippen molar-refractivity contribution in [3.05, 3.63) is 35.4 Å². The lowest BCUT2D eigenvalue weighted by Gasteiger charge is -2.10. The van der Waals surface area contributed by atoms with Gasteiger partial charge in [0.05, 0.1) is 0 Å². The Labute approximate surface area is 284 Å². The van der Waals surface area contributed by atoms with Crippen molar-refractivity contribution in [1.29, 1.82) is 0 Å². The maximum absolute atomic E-state index is 10.5. The van der Waals surface area contributed by atoms with Gasteiger partial charge in [0.25, 0.3) is 0 Å². The molecule has 0 saturated heterocycles. The van der Waals surface area contributed by atoms with Crippen LogP contribution in [0.4, 0.5) is 0 Å². The monoisotopic (exact) mass is 643 g/mol. The molecule has 0 heterocycles. The highest BCUT2D eigenvalue weighted by Gasteiger charge is 2.03. The molecule has 1 rings (SSSR count). The van der Waals surface area contributed by atoms with Gasteiger partial charge in [-0.05, 0) is 49.7 Å². The summed E-state index contributed by atoms with van der Waals surface area (Å²) >= 11 is 0. The fourth-order valence-electron chi connectivity index (χ4n) is 6.82. The van der Waals surface area contributed by atoms with Crippen molar-refractivity contribution in [1.82, 2.24) is 0 Å². The summed E-state index contributed by atoms with van der Waals surface area (Å²) in [6.45, 7) is 0. The van der Waals surface area contributed by atoms with Crippen molar-refractivity contribution in [2.24, 2.45) is 0 Å². The number of benzene rings is 1. The molecule has 4 heteroatoms. The standard InChI is InChI=1S/C42H74O4/c43-41(44)37-29-25-21-17-13-9-5-1-3-7-11-15-19-23-27-33-39-35-31-32-36-40(39)34-28-24-20-16-12-8-4-2-6-10-14-18-22-26-30-38-42(45)46/h31-32,35-36H,1-30,33-34,37-38H2,(H,43,44)(H,45,46). The Kier molecular flexibility index (Phi) is 30.3. The fourth-order valence-corrected chi connectivity index (χ4v) is 6.82. The zero-order valence-corrected chi connectivity index (χ0v) is 30.1. The summed E-state index contributed by atoms with van der Waals surface area (Å²) in [6, 6.07) is 9.20. The van der Waals surface area contributed by atoms with Crippen LogP contribution in [-0.4, -0.2) is 22.2 Å². The lowest BCUT2D eigenvalue weighted by molar-refractivity contribution is -0.138. The molecule has 0 saturated carbocycles. The SMILES string of the molecule is O=C(O)CCCCCCCCCCCCCCCCCc1ccccc1CCCCCCCCCCCCCCCCCC(=O)O. The fraction of sp³-hybridized carbons (Fsp3) is 0.810. The Morgan fingerprint density at radius 2 is 0.522 bits per heavy atom. The average molecular weight is 643 g/mol. The van der Waals surface area contributed by atoms with Crippen LogP contribution in [0, 0.1) is 0 Å². The second-order valence-electron chi connectivity index (χ2n) is 14.2. The summed E-state index contributed by atoms with van der Waals surface area (Å²) in [5.74, 6) is -1.31. The van der Waals surface area contributed by atoms with E-state index in [0.29, 0.717) is 12.8 Å². The van der Waals surface area contributed by atoms with Crippen LogP contribution in [-0.2, 0) is 22.4 Å². The molecule has 0 fully saturated rings. The quantitative estimate of drug-likeness (QED) is 0.0714. The second kappa shape index (κ2) is 33.1. The molecule has 0 spiro atoms. The third-order valence-corrected chi connectivity index (χ3v) is 9.79. The molecule has 0 aromatic heterocycles. The van der Waals surface area contributed by atoms with Gasteiger partial charge in [0, 0.05) is 12.8 Å². The first kappa shape index (κ1) is 42.2. The maximum Gasteiger partial charge on any atom is 0.303 e. The largest absolute Gasteiger partial charge is 0.481 e. The predicted octanol–water partition coefficient (Wildman–Crippen LogP) is 13.4. The zero-order chi connectivity index (χ0) is 33.2. The third kappa shape index (κ3) is 29.6. The minimum atomic E-state index is -0.657. The minimum Gasteiger partial charge on any atom is -0.481 e. The summed E-state index contributed by atoms with van der Waals surface area (Å²) in [5.41, 5.74) is 3.20. The lowest BCUT2D eigenvalue weighted by Crippen LogP contribution is -1.95. The molecule has 266 valence electrons. The van der Waals surface area contributed by atoms with Gasteiger partial charge in [0.2, 0.25) is 0 Å². The number of rotatable bonds is 36. The van der Waals surface area contributed by atoms with Crippen molar-refractivity contribution in [3.8, 4) is 0 Å². The molecule has 4 nitrogen and oxygen atoms in total. The van der Waals surface area contributed by atoms with Gasteiger partial charge >= 0.3 is 11.9 Å². The van der Waals surface area contributed by atoms with E-state index in [1.807, 2.05) is 0 Å². The Hall–Kier alpha value is -1.84. The molecule has 0 aliphatic heterocycles. The first-order valence-corrected chi connectivity index (χ1v) is 20.1. The van der Waals surface area contributed by atoms with Crippen LogP contribution < -0.4 is 0 Å². The topological polar surface area (TPSA) is 74.6 Å². The van der Waals surface area contributed by atoms with Gasteiger partial charge in [-0.25, -0.2) is 0 Å². The van der Waals surface area contributed by atoms with E-state index in [-0.39, 0.29) is 0 Å². The van der Waals surface area contributed by atoms with Crippen LogP contribution in [0.1, 0.15) is 217 Å². The smallest absolute Gasteiger partial charge is 0.303 e. The van der Waals surface area contributed by atoms with E-state index in [0.717, 1.165) is 25.7 Å². The molecular weight excluding hydrogens is 568 g/mol. The number of carboxylic acids is 2. The number of carboxylic acid groups (broad SMARTS) is 2. The van der Waals surface area contributed by atoms with Crippen LogP contribution >= 0.6 is 0 Å². The molecule has 46 heavy (non-hydrogen) atoms. The van der Waals surface area contributed by atoms with Gasteiger partial charge in [0.15, 0.2) is 0 Å². The lowest BCUT2D eigenvalue weighted by atomic mass is 9.96. The number of carbonyl (C=O) groups is 2. The molecule has 0 radical (unpaired) electrons. The van der Waals surface area contributed by atoms with Crippen molar-refractivity contribution in [2.45, 2.75) is 218 Å². The van der Waals surface area contributed by atoms with Crippen molar-refractivity contribution in [3.63, 3.8) is 0 Å². The van der Waals surface area contributed by atoms with E-state index in [2.05, 4.69) is 24.3 Å². The van der Waals surface area contributed by atoms with E-state index in [4.69, 9.17) is 10.2 Å². The highest BCUT2D eigenvalue weighted by Crippen LogP contribution is 2.19. The van der Waals surface area contributed by atoms with Crippen LogP contribution in [0.25, 0.3) is 0 Å². The maximum atomic E-state index is 10.5. The normalized spacial score (nSPS) is 11.3. The van der Waals surface area contributed by atoms with Gasteiger partial charge in [-0.15, -0.1) is 0 Å². The number of hydrogen-bond acceptors (Lipinski definition) is 2. The molecule has 0 aliphatic carbocycles. The number of hydrogen-bond donors (Lipinski definition) is 2. The molecule has 1 aromatic carbocycles. The van der Waals surface area contributed by atoms with Gasteiger partial charge in [-0.2, -0.15) is 0 Å². The van der Waals surface area contributed by atoms with Gasteiger partial charge < -0.3 is 10.2 Å². The molecule has 0 amide bonds. The molecule has 1 aromatic rings. The van der Waals surface area contributed by atoms with Crippen molar-refractivity contribution >= 4 is 11.9 Å². The molecule has 0 aliphatic rings. The molecule has 0 unspecified atom stereocenters. The highest BCUT2D eigenvalue weighted by molar-refractivity contribution is 5.66. The average Bonchev–Trinajstić information content (AvgIpc) is 3.04. The number of aliphatic carboxylic acids is 2. The van der Waals surface area contributed by atoms with Crippen LogP contribution in [0.3, 0.4) is 0 Å². The Balaban J connectivity index is 1.87.